The number of amides is 2. The fraction of sp³-hybridized carbons (Fsp3) is 0.500. The number of rotatable bonds is 6. The molecule has 1 aliphatic rings. The molecular formula is C18H24N8O2S. The molecule has 0 spiro atoms. The van der Waals surface area contributed by atoms with Gasteiger partial charge in [-0.05, 0) is 31.2 Å². The third-order valence-corrected chi connectivity index (χ3v) is 6.10. The van der Waals surface area contributed by atoms with Crippen LogP contribution in [0.25, 0.3) is 11.0 Å². The van der Waals surface area contributed by atoms with Gasteiger partial charge >= 0.3 is 6.03 Å². The van der Waals surface area contributed by atoms with E-state index in [0.717, 1.165) is 47.6 Å². The molecule has 1 aliphatic carbocycles. The average molecular weight is 417 g/mol. The summed E-state index contributed by atoms with van der Waals surface area (Å²) >= 11 is 1.07. The monoisotopic (exact) mass is 416 g/mol. The Morgan fingerprint density at radius 3 is 3.03 bits per heavy atom. The van der Waals surface area contributed by atoms with E-state index in [2.05, 4.69) is 41.6 Å². The van der Waals surface area contributed by atoms with Gasteiger partial charge in [-0.3, -0.25) is 5.32 Å². The van der Waals surface area contributed by atoms with Gasteiger partial charge in [-0.25, -0.2) is 19.7 Å². The molecule has 1 saturated carbocycles. The quantitative estimate of drug-likeness (QED) is 0.562. The molecule has 0 bridgehead atoms. The van der Waals surface area contributed by atoms with E-state index in [4.69, 9.17) is 5.11 Å². The molecular weight excluding hydrogens is 392 g/mol. The number of aromatic nitrogens is 5. The normalized spacial score (nSPS) is 18.9. The topological polar surface area (TPSA) is 123 Å². The lowest BCUT2D eigenvalue weighted by molar-refractivity contribution is 0.214. The maximum atomic E-state index is 12.4. The van der Waals surface area contributed by atoms with Crippen molar-refractivity contribution in [3.05, 3.63) is 24.4 Å². The summed E-state index contributed by atoms with van der Waals surface area (Å²) in [5.41, 5.74) is 0.842. The number of nitrogens with one attached hydrogen (secondary N) is 2. The van der Waals surface area contributed by atoms with E-state index < -0.39 is 0 Å². The van der Waals surface area contributed by atoms with E-state index in [1.54, 1.807) is 18.3 Å². The fourth-order valence-corrected chi connectivity index (χ4v) is 4.47. The standard InChI is InChI=1S/C18H24N8O2S/c1-25(18(28)23-17-22-14(9-27)24-29-17)8-11-3-4-12(7-11)26(2)16-13-5-6-19-15(13)20-10-21-16/h5-6,10-12,27H,3-4,7-9H2,1-2H3,(H,19,20,21)(H,22,23,24,28). The van der Waals surface area contributed by atoms with Gasteiger partial charge in [0.25, 0.3) is 0 Å². The first-order valence-corrected chi connectivity index (χ1v) is 10.3. The van der Waals surface area contributed by atoms with Crippen molar-refractivity contribution < 1.29 is 9.90 Å². The Labute approximate surface area is 172 Å². The lowest BCUT2D eigenvalue weighted by Gasteiger charge is -2.27. The Morgan fingerprint density at radius 2 is 2.24 bits per heavy atom. The molecule has 2 atom stereocenters. The highest BCUT2D eigenvalue weighted by atomic mass is 32.1. The Kier molecular flexibility index (Phi) is 5.58. The van der Waals surface area contributed by atoms with Gasteiger partial charge in [-0.1, -0.05) is 0 Å². The highest BCUT2D eigenvalue weighted by molar-refractivity contribution is 7.09. The third-order valence-electron chi connectivity index (χ3n) is 5.43. The molecule has 11 heteroatoms. The van der Waals surface area contributed by atoms with Crippen molar-refractivity contribution in [3.8, 4) is 0 Å². The lowest BCUT2D eigenvalue weighted by Crippen LogP contribution is -2.35. The van der Waals surface area contributed by atoms with Gasteiger partial charge in [0, 0.05) is 44.4 Å². The molecule has 3 N–H and O–H groups in total. The Balaban J connectivity index is 1.33. The minimum atomic E-state index is -0.236. The number of hydrogen-bond donors (Lipinski definition) is 3. The van der Waals surface area contributed by atoms with Crippen molar-refractivity contribution in [1.82, 2.24) is 29.2 Å². The average Bonchev–Trinajstić information content (AvgIpc) is 3.47. The third kappa shape index (κ3) is 4.15. The molecule has 4 rings (SSSR count). The van der Waals surface area contributed by atoms with Crippen LogP contribution in [0.15, 0.2) is 18.6 Å². The van der Waals surface area contributed by atoms with Crippen LogP contribution in [0.2, 0.25) is 0 Å². The van der Waals surface area contributed by atoms with E-state index >= 15 is 0 Å². The van der Waals surface area contributed by atoms with E-state index in [-0.39, 0.29) is 12.6 Å². The number of nitrogens with zero attached hydrogens (tertiary/aromatic N) is 6. The van der Waals surface area contributed by atoms with Crippen LogP contribution in [-0.2, 0) is 6.61 Å². The SMILES string of the molecule is CN(CC1CCC(N(C)c2ncnc3[nH]ccc23)C1)C(=O)Nc1nc(CO)ns1. The van der Waals surface area contributed by atoms with Crippen LogP contribution in [0.5, 0.6) is 0 Å². The highest BCUT2D eigenvalue weighted by Gasteiger charge is 2.30. The molecule has 0 aromatic carbocycles. The number of hydrogen-bond acceptors (Lipinski definition) is 8. The van der Waals surface area contributed by atoms with Crippen molar-refractivity contribution in [2.45, 2.75) is 31.9 Å². The van der Waals surface area contributed by atoms with Crippen LogP contribution in [0.3, 0.4) is 0 Å². The number of aliphatic hydroxyl groups is 1. The van der Waals surface area contributed by atoms with E-state index in [9.17, 15) is 4.79 Å². The molecule has 0 aliphatic heterocycles. The Bertz CT molecular complexity index is 989. The summed E-state index contributed by atoms with van der Waals surface area (Å²) in [6.45, 7) is 0.436. The van der Waals surface area contributed by atoms with Crippen LogP contribution in [0.1, 0.15) is 25.1 Å². The van der Waals surface area contributed by atoms with Gasteiger partial charge < -0.3 is 19.9 Å². The molecule has 2 amide bonds. The Hall–Kier alpha value is -2.79. The fourth-order valence-electron chi connectivity index (χ4n) is 3.90. The van der Waals surface area contributed by atoms with Crippen LogP contribution in [0.4, 0.5) is 15.7 Å². The van der Waals surface area contributed by atoms with Crippen molar-refractivity contribution in [1.29, 1.82) is 0 Å². The molecule has 10 nitrogen and oxygen atoms in total. The summed E-state index contributed by atoms with van der Waals surface area (Å²) in [5, 5.41) is 13.2. The smallest absolute Gasteiger partial charge is 0.323 e. The van der Waals surface area contributed by atoms with E-state index in [1.165, 1.54) is 0 Å². The summed E-state index contributed by atoms with van der Waals surface area (Å²) in [6, 6.07) is 2.16. The van der Waals surface area contributed by atoms with Crippen LogP contribution in [-0.4, -0.2) is 67.0 Å². The zero-order valence-electron chi connectivity index (χ0n) is 16.4. The largest absolute Gasteiger partial charge is 0.388 e. The van der Waals surface area contributed by atoms with Crippen LogP contribution >= 0.6 is 11.5 Å². The van der Waals surface area contributed by atoms with Crippen molar-refractivity contribution in [2.24, 2.45) is 5.92 Å². The summed E-state index contributed by atoms with van der Waals surface area (Å²) in [7, 11) is 3.86. The van der Waals surface area contributed by atoms with Crippen LogP contribution in [0, 0.1) is 5.92 Å². The minimum Gasteiger partial charge on any atom is -0.388 e. The number of aliphatic hydroxyl groups excluding tert-OH is 1. The van der Waals surface area contributed by atoms with E-state index in [1.807, 2.05) is 12.3 Å². The highest BCUT2D eigenvalue weighted by Crippen LogP contribution is 2.33. The number of carbonyl (C=O) groups is 1. The van der Waals surface area contributed by atoms with Crippen molar-refractivity contribution in [2.75, 3.05) is 30.9 Å². The zero-order chi connectivity index (χ0) is 20.4. The molecule has 3 aromatic heterocycles. The number of H-pyrrole nitrogens is 1. The number of anilines is 2. The molecule has 3 heterocycles. The minimum absolute atomic E-state index is 0.215. The predicted molar refractivity (Wildman–Crippen MR) is 111 cm³/mol. The molecule has 0 saturated heterocycles. The number of urea groups is 1. The molecule has 1 fully saturated rings. The second kappa shape index (κ2) is 8.29. The van der Waals surface area contributed by atoms with Crippen LogP contribution < -0.4 is 10.2 Å². The second-order valence-electron chi connectivity index (χ2n) is 7.37. The van der Waals surface area contributed by atoms with Crippen molar-refractivity contribution >= 4 is 39.5 Å². The van der Waals surface area contributed by atoms with Crippen molar-refractivity contribution in [3.63, 3.8) is 0 Å². The number of fused-ring (bicyclic) bond motifs is 1. The predicted octanol–water partition coefficient (Wildman–Crippen LogP) is 2.07. The first kappa shape index (κ1) is 19.5. The Morgan fingerprint density at radius 1 is 1.38 bits per heavy atom. The summed E-state index contributed by atoms with van der Waals surface area (Å²) < 4.78 is 3.96. The zero-order valence-corrected chi connectivity index (χ0v) is 17.2. The van der Waals surface area contributed by atoms with Gasteiger partial charge in [0.1, 0.15) is 24.4 Å². The molecule has 3 aromatic rings. The first-order valence-electron chi connectivity index (χ1n) is 9.51. The van der Waals surface area contributed by atoms with Gasteiger partial charge in [0.2, 0.25) is 5.13 Å². The maximum Gasteiger partial charge on any atom is 0.323 e. The van der Waals surface area contributed by atoms with Gasteiger partial charge in [0.15, 0.2) is 5.82 Å². The van der Waals surface area contributed by atoms with E-state index in [0.29, 0.717) is 29.5 Å². The molecule has 2 unspecified atom stereocenters. The summed E-state index contributed by atoms with van der Waals surface area (Å²) in [6.07, 6.45) is 6.58. The molecule has 154 valence electrons. The molecule has 0 radical (unpaired) electrons. The summed E-state index contributed by atoms with van der Waals surface area (Å²) in [5.74, 6) is 1.67. The second-order valence-corrected chi connectivity index (χ2v) is 8.12. The van der Waals surface area contributed by atoms with Gasteiger partial charge in [-0.2, -0.15) is 4.37 Å². The maximum absolute atomic E-state index is 12.4. The number of carbonyl (C=O) groups excluding carboxylic acids is 1. The molecule has 29 heavy (non-hydrogen) atoms. The van der Waals surface area contributed by atoms with Gasteiger partial charge in [-0.15, -0.1) is 0 Å². The van der Waals surface area contributed by atoms with Gasteiger partial charge in [0.05, 0.1) is 5.39 Å². The lowest BCUT2D eigenvalue weighted by atomic mass is 10.1. The first-order chi connectivity index (χ1) is 14.0. The summed E-state index contributed by atoms with van der Waals surface area (Å²) in [4.78, 5) is 32.2. The number of aromatic amines is 1.